The van der Waals surface area contributed by atoms with Crippen molar-refractivity contribution in [3.05, 3.63) is 0 Å². The van der Waals surface area contributed by atoms with Gasteiger partial charge in [-0.3, -0.25) is 9.59 Å². The second-order valence-electron chi connectivity index (χ2n) is 6.48. The maximum atomic E-state index is 12.4. The Morgan fingerprint density at radius 3 is 2.45 bits per heavy atom. The van der Waals surface area contributed by atoms with Crippen LogP contribution in [0.3, 0.4) is 0 Å². The van der Waals surface area contributed by atoms with E-state index < -0.39 is 5.54 Å². The molecule has 1 aliphatic heterocycles. The topological polar surface area (TPSA) is 55.8 Å². The van der Waals surface area contributed by atoms with Crippen molar-refractivity contribution >= 4 is 11.8 Å². The number of piperidine rings is 1. The number of carbonyl (C=O) groups is 2. The molecule has 0 aromatic heterocycles. The van der Waals surface area contributed by atoms with Crippen molar-refractivity contribution in [2.45, 2.75) is 65.0 Å². The van der Waals surface area contributed by atoms with Gasteiger partial charge in [0.15, 0.2) is 0 Å². The van der Waals surface area contributed by atoms with Gasteiger partial charge in [0.1, 0.15) is 5.78 Å². The zero-order chi connectivity index (χ0) is 15.6. The monoisotopic (exact) mass is 285 g/mol. The van der Waals surface area contributed by atoms with Crippen molar-refractivity contribution in [3.63, 3.8) is 0 Å². The van der Waals surface area contributed by atoms with Crippen LogP contribution >= 0.6 is 0 Å². The van der Waals surface area contributed by atoms with Gasteiger partial charge in [-0.2, -0.15) is 5.06 Å². The number of ether oxygens (including phenoxy) is 1. The van der Waals surface area contributed by atoms with Crippen LogP contribution in [-0.4, -0.2) is 41.6 Å². The molecule has 0 aromatic rings. The minimum absolute atomic E-state index is 0.192. The standard InChI is InChI=1S/C15H27NO4/c1-7-20-13(18)9-8-11-12(17)10-14(2,3)16(19-6)15(11,4)5/h11H,7-10H2,1-6H3. The summed E-state index contributed by atoms with van der Waals surface area (Å²) in [5.41, 5.74) is -0.782. The van der Waals surface area contributed by atoms with E-state index in [0.29, 0.717) is 19.4 Å². The molecule has 0 saturated carbocycles. The maximum absolute atomic E-state index is 12.4. The molecular formula is C15H27NO4. The average Bonchev–Trinajstić information content (AvgIpc) is 2.26. The minimum Gasteiger partial charge on any atom is -0.466 e. The van der Waals surface area contributed by atoms with E-state index >= 15 is 0 Å². The fourth-order valence-corrected chi connectivity index (χ4v) is 3.43. The normalized spacial score (nSPS) is 25.5. The summed E-state index contributed by atoms with van der Waals surface area (Å²) in [6, 6.07) is 0. The average molecular weight is 285 g/mol. The van der Waals surface area contributed by atoms with Crippen LogP contribution in [0.2, 0.25) is 0 Å². The molecule has 5 heteroatoms. The highest BCUT2D eigenvalue weighted by Gasteiger charge is 2.51. The Kier molecular flexibility index (Phi) is 5.33. The fraction of sp³-hybridized carbons (Fsp3) is 0.867. The van der Waals surface area contributed by atoms with Crippen LogP contribution in [0.15, 0.2) is 0 Å². The van der Waals surface area contributed by atoms with Gasteiger partial charge >= 0.3 is 5.97 Å². The molecule has 1 saturated heterocycles. The van der Waals surface area contributed by atoms with Gasteiger partial charge in [-0.15, -0.1) is 0 Å². The van der Waals surface area contributed by atoms with Crippen LogP contribution in [0.4, 0.5) is 0 Å². The van der Waals surface area contributed by atoms with E-state index in [2.05, 4.69) is 0 Å². The van der Waals surface area contributed by atoms with E-state index in [-0.39, 0.29) is 29.6 Å². The quantitative estimate of drug-likeness (QED) is 0.726. The Labute approximate surface area is 121 Å². The molecule has 0 aliphatic carbocycles. The molecule has 0 aromatic carbocycles. The number of hydrogen-bond acceptors (Lipinski definition) is 5. The van der Waals surface area contributed by atoms with E-state index in [1.807, 2.05) is 32.8 Å². The lowest BCUT2D eigenvalue weighted by molar-refractivity contribution is -0.270. The molecule has 1 heterocycles. The first kappa shape index (κ1) is 17.1. The molecule has 20 heavy (non-hydrogen) atoms. The maximum Gasteiger partial charge on any atom is 0.305 e. The third-order valence-electron chi connectivity index (χ3n) is 4.05. The fourth-order valence-electron chi connectivity index (χ4n) is 3.43. The van der Waals surface area contributed by atoms with Crippen LogP contribution in [0, 0.1) is 5.92 Å². The molecule has 1 unspecified atom stereocenters. The lowest BCUT2D eigenvalue weighted by atomic mass is 9.71. The van der Waals surface area contributed by atoms with Gasteiger partial charge in [0.2, 0.25) is 0 Å². The van der Waals surface area contributed by atoms with Gasteiger partial charge in [0.05, 0.1) is 19.3 Å². The Bertz CT molecular complexity index is 376. The van der Waals surface area contributed by atoms with Crippen molar-refractivity contribution < 1.29 is 19.2 Å². The van der Waals surface area contributed by atoms with Gasteiger partial charge in [0.25, 0.3) is 0 Å². The Hall–Kier alpha value is -0.940. The molecular weight excluding hydrogens is 258 g/mol. The molecule has 0 N–H and O–H groups in total. The predicted molar refractivity (Wildman–Crippen MR) is 76.0 cm³/mol. The summed E-state index contributed by atoms with van der Waals surface area (Å²) in [5, 5.41) is 1.89. The molecule has 1 aliphatic rings. The van der Waals surface area contributed by atoms with Crippen LogP contribution in [0.5, 0.6) is 0 Å². The van der Waals surface area contributed by atoms with Gasteiger partial charge in [-0.25, -0.2) is 0 Å². The van der Waals surface area contributed by atoms with Gasteiger partial charge in [-0.1, -0.05) is 0 Å². The Morgan fingerprint density at radius 1 is 1.35 bits per heavy atom. The molecule has 0 bridgehead atoms. The third-order valence-corrected chi connectivity index (χ3v) is 4.05. The summed E-state index contributed by atoms with van der Waals surface area (Å²) in [6.07, 6.45) is 1.20. The van der Waals surface area contributed by atoms with Gasteiger partial charge in [-0.05, 0) is 41.0 Å². The third kappa shape index (κ3) is 3.38. The highest BCUT2D eigenvalue weighted by atomic mass is 16.7. The van der Waals surface area contributed by atoms with Crippen molar-refractivity contribution in [2.24, 2.45) is 5.92 Å². The number of rotatable bonds is 5. The van der Waals surface area contributed by atoms with Crippen LogP contribution in [-0.2, 0) is 19.2 Å². The smallest absolute Gasteiger partial charge is 0.305 e. The lowest BCUT2D eigenvalue weighted by Gasteiger charge is -2.53. The lowest BCUT2D eigenvalue weighted by Crippen LogP contribution is -2.64. The van der Waals surface area contributed by atoms with E-state index in [1.165, 1.54) is 0 Å². The predicted octanol–water partition coefficient (Wildman–Crippen LogP) is 2.34. The SMILES string of the molecule is CCOC(=O)CCC1C(=O)CC(C)(C)N(OC)C1(C)C. The number of nitrogens with zero attached hydrogens (tertiary/aromatic N) is 1. The number of hydrogen-bond donors (Lipinski definition) is 0. The largest absolute Gasteiger partial charge is 0.466 e. The first-order valence-electron chi connectivity index (χ1n) is 7.19. The summed E-state index contributed by atoms with van der Waals surface area (Å²) in [7, 11) is 1.63. The summed E-state index contributed by atoms with van der Waals surface area (Å²) in [4.78, 5) is 29.4. The number of hydroxylamine groups is 2. The highest BCUT2D eigenvalue weighted by molar-refractivity contribution is 5.85. The second kappa shape index (κ2) is 6.22. The number of Topliss-reactive ketones (excluding diaryl/α,β-unsaturated/α-hetero) is 1. The van der Waals surface area contributed by atoms with Crippen LogP contribution < -0.4 is 0 Å². The van der Waals surface area contributed by atoms with Gasteiger partial charge < -0.3 is 9.57 Å². The van der Waals surface area contributed by atoms with Crippen LogP contribution in [0.1, 0.15) is 53.9 Å². The van der Waals surface area contributed by atoms with E-state index in [0.717, 1.165) is 0 Å². The first-order valence-corrected chi connectivity index (χ1v) is 7.19. The number of carbonyl (C=O) groups excluding carboxylic acids is 2. The molecule has 1 fully saturated rings. The van der Waals surface area contributed by atoms with E-state index in [4.69, 9.17) is 9.57 Å². The summed E-state index contributed by atoms with van der Waals surface area (Å²) in [5.74, 6) is -0.276. The van der Waals surface area contributed by atoms with E-state index in [9.17, 15) is 9.59 Å². The Balaban J connectivity index is 2.85. The highest BCUT2D eigenvalue weighted by Crippen LogP contribution is 2.41. The molecule has 116 valence electrons. The molecule has 0 spiro atoms. The summed E-state index contributed by atoms with van der Waals surface area (Å²) < 4.78 is 4.94. The zero-order valence-corrected chi connectivity index (χ0v) is 13.5. The molecule has 5 nitrogen and oxygen atoms in total. The number of esters is 1. The summed E-state index contributed by atoms with van der Waals surface area (Å²) in [6.45, 7) is 10.1. The second-order valence-corrected chi connectivity index (χ2v) is 6.48. The molecule has 1 rings (SSSR count). The summed E-state index contributed by atoms with van der Waals surface area (Å²) >= 11 is 0. The number of ketones is 1. The van der Waals surface area contributed by atoms with Crippen LogP contribution in [0.25, 0.3) is 0 Å². The van der Waals surface area contributed by atoms with Crippen molar-refractivity contribution in [1.29, 1.82) is 0 Å². The van der Waals surface area contributed by atoms with Crippen molar-refractivity contribution in [1.82, 2.24) is 5.06 Å². The molecule has 0 radical (unpaired) electrons. The van der Waals surface area contributed by atoms with E-state index in [1.54, 1.807) is 14.0 Å². The molecule has 0 amide bonds. The van der Waals surface area contributed by atoms with Crippen molar-refractivity contribution in [3.8, 4) is 0 Å². The molecule has 1 atom stereocenters. The Morgan fingerprint density at radius 2 is 1.95 bits per heavy atom. The zero-order valence-electron chi connectivity index (χ0n) is 13.5. The van der Waals surface area contributed by atoms with Gasteiger partial charge in [0, 0.05) is 24.3 Å². The minimum atomic E-state index is -0.444. The van der Waals surface area contributed by atoms with Crippen molar-refractivity contribution in [2.75, 3.05) is 13.7 Å². The first-order chi connectivity index (χ1) is 9.16.